The number of aliphatic carboxylic acids is 1. The molecule has 0 aromatic heterocycles. The van der Waals surface area contributed by atoms with E-state index in [0.717, 1.165) is 6.07 Å². The van der Waals surface area contributed by atoms with Crippen molar-refractivity contribution in [3.8, 4) is 5.75 Å². The predicted molar refractivity (Wildman–Crippen MR) is 65.9 cm³/mol. The van der Waals surface area contributed by atoms with Crippen LogP contribution in [0.5, 0.6) is 5.75 Å². The summed E-state index contributed by atoms with van der Waals surface area (Å²) in [5, 5.41) is 18.1. The number of aromatic hydroxyl groups is 1. The van der Waals surface area contributed by atoms with Gasteiger partial charge in [0.15, 0.2) is 0 Å². The lowest BCUT2D eigenvalue weighted by molar-refractivity contribution is -0.138. The molecule has 4 nitrogen and oxygen atoms in total. The number of benzene rings is 1. The highest BCUT2D eigenvalue weighted by molar-refractivity contribution is 5.67. The van der Waals surface area contributed by atoms with Gasteiger partial charge in [-0.3, -0.25) is 9.69 Å². The van der Waals surface area contributed by atoms with Crippen LogP contribution >= 0.6 is 0 Å². The van der Waals surface area contributed by atoms with Gasteiger partial charge in [-0.2, -0.15) is 0 Å². The maximum absolute atomic E-state index is 13.1. The van der Waals surface area contributed by atoms with Crippen molar-refractivity contribution in [3.63, 3.8) is 0 Å². The second kappa shape index (κ2) is 6.35. The second-order valence-electron chi connectivity index (χ2n) is 4.33. The standard InChI is InChI=1S/C13H18FNO3/c1-3-15(9(2)4-13(17)18)8-10-5-11(14)7-12(16)6-10/h5-7,9,16H,3-4,8H2,1-2H3,(H,17,18). The molecule has 5 heteroatoms. The van der Waals surface area contributed by atoms with E-state index in [1.165, 1.54) is 12.1 Å². The number of phenols is 1. The Balaban J connectivity index is 2.75. The van der Waals surface area contributed by atoms with Gasteiger partial charge >= 0.3 is 5.97 Å². The van der Waals surface area contributed by atoms with Gasteiger partial charge in [0, 0.05) is 18.7 Å². The van der Waals surface area contributed by atoms with E-state index in [4.69, 9.17) is 5.11 Å². The van der Waals surface area contributed by atoms with E-state index in [2.05, 4.69) is 0 Å². The van der Waals surface area contributed by atoms with E-state index in [0.29, 0.717) is 18.7 Å². The zero-order valence-electron chi connectivity index (χ0n) is 10.6. The first kappa shape index (κ1) is 14.4. The second-order valence-corrected chi connectivity index (χ2v) is 4.33. The Morgan fingerprint density at radius 1 is 1.44 bits per heavy atom. The van der Waals surface area contributed by atoms with Crippen molar-refractivity contribution < 1.29 is 19.4 Å². The Labute approximate surface area is 106 Å². The first-order valence-corrected chi connectivity index (χ1v) is 5.86. The first-order valence-electron chi connectivity index (χ1n) is 5.86. The van der Waals surface area contributed by atoms with E-state index in [1.807, 2.05) is 18.7 Å². The van der Waals surface area contributed by atoms with Crippen LogP contribution in [0.25, 0.3) is 0 Å². The third kappa shape index (κ3) is 4.33. The van der Waals surface area contributed by atoms with E-state index in [-0.39, 0.29) is 18.2 Å². The SMILES string of the molecule is CCN(Cc1cc(O)cc(F)c1)C(C)CC(=O)O. The van der Waals surface area contributed by atoms with Crippen LogP contribution < -0.4 is 0 Å². The Morgan fingerprint density at radius 2 is 2.11 bits per heavy atom. The minimum Gasteiger partial charge on any atom is -0.508 e. The molecule has 0 aliphatic carbocycles. The van der Waals surface area contributed by atoms with Crippen LogP contribution in [0.1, 0.15) is 25.8 Å². The number of hydrogen-bond donors (Lipinski definition) is 2. The average Bonchev–Trinajstić information content (AvgIpc) is 2.23. The number of rotatable bonds is 6. The molecule has 0 heterocycles. The molecule has 0 saturated carbocycles. The lowest BCUT2D eigenvalue weighted by Gasteiger charge is -2.26. The molecule has 0 aliphatic heterocycles. The van der Waals surface area contributed by atoms with Gasteiger partial charge in [0.25, 0.3) is 0 Å². The Bertz CT molecular complexity index is 402. The summed E-state index contributed by atoms with van der Waals surface area (Å²) in [6.07, 6.45) is 0.0368. The smallest absolute Gasteiger partial charge is 0.304 e. The van der Waals surface area contributed by atoms with Gasteiger partial charge in [-0.05, 0) is 31.2 Å². The van der Waals surface area contributed by atoms with Crippen molar-refractivity contribution in [2.45, 2.75) is 32.9 Å². The van der Waals surface area contributed by atoms with Crippen LogP contribution in [0.15, 0.2) is 18.2 Å². The van der Waals surface area contributed by atoms with E-state index in [9.17, 15) is 14.3 Å². The van der Waals surface area contributed by atoms with Crippen molar-refractivity contribution >= 4 is 5.97 Å². The summed E-state index contributed by atoms with van der Waals surface area (Å²) in [6, 6.07) is 3.73. The van der Waals surface area contributed by atoms with Crippen molar-refractivity contribution in [3.05, 3.63) is 29.6 Å². The van der Waals surface area contributed by atoms with Gasteiger partial charge < -0.3 is 10.2 Å². The molecule has 0 fully saturated rings. The summed E-state index contributed by atoms with van der Waals surface area (Å²) in [5.74, 6) is -1.47. The minimum atomic E-state index is -0.858. The van der Waals surface area contributed by atoms with Crippen molar-refractivity contribution in [2.24, 2.45) is 0 Å². The van der Waals surface area contributed by atoms with E-state index in [1.54, 1.807) is 0 Å². The largest absolute Gasteiger partial charge is 0.508 e. The number of hydrogen-bond acceptors (Lipinski definition) is 3. The third-order valence-electron chi connectivity index (χ3n) is 2.83. The summed E-state index contributed by atoms with van der Waals surface area (Å²) in [6.45, 7) is 4.80. The van der Waals surface area contributed by atoms with Crippen LogP contribution in [-0.4, -0.2) is 33.7 Å². The predicted octanol–water partition coefficient (Wildman–Crippen LogP) is 2.22. The molecule has 0 radical (unpaired) electrons. The quantitative estimate of drug-likeness (QED) is 0.818. The molecule has 1 unspecified atom stereocenters. The average molecular weight is 255 g/mol. The monoisotopic (exact) mass is 255 g/mol. The number of carboxylic acid groups (broad SMARTS) is 1. The Kier molecular flexibility index (Phi) is 5.09. The zero-order valence-corrected chi connectivity index (χ0v) is 10.6. The molecule has 1 atom stereocenters. The fourth-order valence-corrected chi connectivity index (χ4v) is 1.92. The molecule has 100 valence electrons. The van der Waals surface area contributed by atoms with Gasteiger partial charge in [0.2, 0.25) is 0 Å². The molecule has 1 aromatic carbocycles. The molecule has 0 amide bonds. The number of phenolic OH excluding ortho intramolecular Hbond substituents is 1. The third-order valence-corrected chi connectivity index (χ3v) is 2.83. The van der Waals surface area contributed by atoms with Crippen molar-refractivity contribution in [1.29, 1.82) is 0 Å². The summed E-state index contributed by atoms with van der Waals surface area (Å²) >= 11 is 0. The molecule has 0 saturated heterocycles. The van der Waals surface area contributed by atoms with Crippen LogP contribution in [0.2, 0.25) is 0 Å². The molecule has 18 heavy (non-hydrogen) atoms. The van der Waals surface area contributed by atoms with E-state index >= 15 is 0 Å². The number of halogens is 1. The van der Waals surface area contributed by atoms with E-state index < -0.39 is 11.8 Å². The lowest BCUT2D eigenvalue weighted by atomic mass is 10.1. The topological polar surface area (TPSA) is 60.8 Å². The molecule has 0 spiro atoms. The molecule has 1 rings (SSSR count). The number of carboxylic acids is 1. The van der Waals surface area contributed by atoms with Crippen molar-refractivity contribution in [2.75, 3.05) is 6.54 Å². The fraction of sp³-hybridized carbons (Fsp3) is 0.462. The van der Waals surface area contributed by atoms with Gasteiger partial charge in [-0.25, -0.2) is 4.39 Å². The summed E-state index contributed by atoms with van der Waals surface area (Å²) in [4.78, 5) is 12.6. The molecule has 0 aliphatic rings. The van der Waals surface area contributed by atoms with Gasteiger partial charge in [0.1, 0.15) is 11.6 Å². The highest BCUT2D eigenvalue weighted by Gasteiger charge is 2.16. The van der Waals surface area contributed by atoms with Crippen LogP contribution in [0.4, 0.5) is 4.39 Å². The number of nitrogens with zero attached hydrogens (tertiary/aromatic N) is 1. The highest BCUT2D eigenvalue weighted by atomic mass is 19.1. The van der Waals surface area contributed by atoms with Gasteiger partial charge in [-0.15, -0.1) is 0 Å². The Hall–Kier alpha value is -1.62. The summed E-state index contributed by atoms with van der Waals surface area (Å²) in [5.41, 5.74) is 0.631. The molecule has 0 bridgehead atoms. The van der Waals surface area contributed by atoms with Crippen LogP contribution in [-0.2, 0) is 11.3 Å². The zero-order chi connectivity index (χ0) is 13.7. The molecule has 2 N–H and O–H groups in total. The maximum Gasteiger partial charge on any atom is 0.304 e. The lowest BCUT2D eigenvalue weighted by Crippen LogP contribution is -2.34. The van der Waals surface area contributed by atoms with Crippen molar-refractivity contribution in [1.82, 2.24) is 4.90 Å². The van der Waals surface area contributed by atoms with Crippen LogP contribution in [0.3, 0.4) is 0 Å². The normalized spacial score (nSPS) is 12.7. The van der Waals surface area contributed by atoms with Crippen LogP contribution in [0, 0.1) is 5.82 Å². The summed E-state index contributed by atoms with van der Waals surface area (Å²) in [7, 11) is 0. The minimum absolute atomic E-state index is 0.0368. The molecular formula is C13H18FNO3. The summed E-state index contributed by atoms with van der Waals surface area (Å²) < 4.78 is 13.1. The fourth-order valence-electron chi connectivity index (χ4n) is 1.92. The highest BCUT2D eigenvalue weighted by Crippen LogP contribution is 2.17. The maximum atomic E-state index is 13.1. The number of carbonyl (C=O) groups is 1. The molecular weight excluding hydrogens is 237 g/mol. The van der Waals surface area contributed by atoms with Gasteiger partial charge in [0.05, 0.1) is 6.42 Å². The Morgan fingerprint density at radius 3 is 2.61 bits per heavy atom. The van der Waals surface area contributed by atoms with Gasteiger partial charge in [-0.1, -0.05) is 6.92 Å². The molecule has 1 aromatic rings. The first-order chi connectivity index (χ1) is 8.42.